The molecular formula is C12H11N3O2. The van der Waals surface area contributed by atoms with Gasteiger partial charge in [0, 0.05) is 12.1 Å². The highest BCUT2D eigenvalue weighted by atomic mass is 16.5. The van der Waals surface area contributed by atoms with Gasteiger partial charge in [-0.05, 0) is 11.6 Å². The number of nitrogens with zero attached hydrogens (tertiary/aromatic N) is 1. The van der Waals surface area contributed by atoms with E-state index in [1.165, 1.54) is 12.5 Å². The number of fused-ring (bicyclic) bond motifs is 1. The third-order valence-electron chi connectivity index (χ3n) is 2.79. The second kappa shape index (κ2) is 3.93. The van der Waals surface area contributed by atoms with Crippen LogP contribution in [-0.4, -0.2) is 17.1 Å². The average molecular weight is 229 g/mol. The van der Waals surface area contributed by atoms with E-state index in [0.717, 1.165) is 11.3 Å². The van der Waals surface area contributed by atoms with Crippen molar-refractivity contribution < 1.29 is 9.32 Å². The molecule has 3 rings (SSSR count). The number of carbonyl (C=O) groups is 1. The highest BCUT2D eigenvalue weighted by Gasteiger charge is 2.26. The lowest BCUT2D eigenvalue weighted by Gasteiger charge is -2.09. The number of nitrogens with one attached hydrogen (secondary N) is 2. The van der Waals surface area contributed by atoms with E-state index in [-0.39, 0.29) is 11.9 Å². The molecule has 17 heavy (non-hydrogen) atoms. The van der Waals surface area contributed by atoms with E-state index in [2.05, 4.69) is 20.3 Å². The molecule has 1 aliphatic heterocycles. The number of hydrogen-bond acceptors (Lipinski definition) is 4. The van der Waals surface area contributed by atoms with E-state index in [1.807, 2.05) is 24.3 Å². The number of carbonyl (C=O) groups excluding carboxylic acids is 1. The number of rotatable bonds is 2. The second-order valence-corrected chi connectivity index (χ2v) is 3.96. The zero-order valence-electron chi connectivity index (χ0n) is 9.01. The zero-order chi connectivity index (χ0) is 11.7. The fourth-order valence-electron chi connectivity index (χ4n) is 1.95. The van der Waals surface area contributed by atoms with Crippen molar-refractivity contribution in [2.75, 3.05) is 10.6 Å². The van der Waals surface area contributed by atoms with E-state index in [0.29, 0.717) is 12.1 Å². The van der Waals surface area contributed by atoms with Crippen LogP contribution in [-0.2, 0) is 11.2 Å². The van der Waals surface area contributed by atoms with Gasteiger partial charge in [-0.2, -0.15) is 0 Å². The molecule has 0 bridgehead atoms. The molecule has 0 fully saturated rings. The molecule has 2 aromatic rings. The Kier molecular flexibility index (Phi) is 2.29. The van der Waals surface area contributed by atoms with E-state index in [1.54, 1.807) is 0 Å². The van der Waals surface area contributed by atoms with Crippen LogP contribution >= 0.6 is 0 Å². The zero-order valence-corrected chi connectivity index (χ0v) is 9.01. The van der Waals surface area contributed by atoms with Crippen molar-refractivity contribution in [3.05, 3.63) is 42.3 Å². The fourth-order valence-corrected chi connectivity index (χ4v) is 1.95. The average Bonchev–Trinajstić information content (AvgIpc) is 2.96. The molecular weight excluding hydrogens is 218 g/mol. The molecule has 5 heteroatoms. The molecule has 0 saturated heterocycles. The number of hydrogen-bond donors (Lipinski definition) is 2. The first-order chi connectivity index (χ1) is 8.33. The quantitative estimate of drug-likeness (QED) is 0.821. The molecule has 0 saturated carbocycles. The number of anilines is 2. The Morgan fingerprint density at radius 2 is 2.35 bits per heavy atom. The molecule has 1 aromatic carbocycles. The maximum Gasteiger partial charge on any atom is 0.247 e. The van der Waals surface area contributed by atoms with E-state index >= 15 is 0 Å². The third-order valence-corrected chi connectivity index (χ3v) is 2.79. The van der Waals surface area contributed by atoms with Crippen LogP contribution in [0, 0.1) is 0 Å². The van der Waals surface area contributed by atoms with Crippen LogP contribution in [0.5, 0.6) is 0 Å². The highest BCUT2D eigenvalue weighted by molar-refractivity contribution is 5.97. The van der Waals surface area contributed by atoms with Crippen LogP contribution in [0.4, 0.5) is 11.4 Å². The van der Waals surface area contributed by atoms with Gasteiger partial charge in [0.25, 0.3) is 0 Å². The molecule has 5 nitrogen and oxygen atoms in total. The molecule has 0 spiro atoms. The Morgan fingerprint density at radius 3 is 3.12 bits per heavy atom. The van der Waals surface area contributed by atoms with Gasteiger partial charge in [-0.15, -0.1) is 0 Å². The van der Waals surface area contributed by atoms with Crippen LogP contribution in [0.1, 0.15) is 5.56 Å². The first kappa shape index (κ1) is 9.89. The molecule has 0 aliphatic carbocycles. The van der Waals surface area contributed by atoms with Crippen LogP contribution in [0.15, 0.2) is 41.2 Å². The summed E-state index contributed by atoms with van der Waals surface area (Å²) in [6.45, 7) is 0. The van der Waals surface area contributed by atoms with Gasteiger partial charge in [0.1, 0.15) is 18.0 Å². The number of aromatic nitrogens is 1. The second-order valence-electron chi connectivity index (χ2n) is 3.96. The lowest BCUT2D eigenvalue weighted by molar-refractivity contribution is -0.116. The molecule has 2 heterocycles. The van der Waals surface area contributed by atoms with Gasteiger partial charge < -0.3 is 15.2 Å². The summed E-state index contributed by atoms with van der Waals surface area (Å²) >= 11 is 0. The summed E-state index contributed by atoms with van der Waals surface area (Å²) in [7, 11) is 0. The summed E-state index contributed by atoms with van der Waals surface area (Å²) in [5.41, 5.74) is 2.77. The molecule has 1 unspecified atom stereocenters. The lowest BCUT2D eigenvalue weighted by Crippen LogP contribution is -2.32. The Labute approximate surface area is 97.8 Å². The number of benzene rings is 1. The molecule has 1 amide bonds. The standard InChI is InChI=1S/C12H11N3O2/c16-12(14-9-6-13-17-7-9)11-5-8-3-1-2-4-10(8)15-11/h1-4,6-7,11,15H,5H2,(H,14,16). The molecule has 1 atom stereocenters. The van der Waals surface area contributed by atoms with Gasteiger partial charge in [0.2, 0.25) is 5.91 Å². The summed E-state index contributed by atoms with van der Waals surface area (Å²) in [6.07, 6.45) is 3.58. The lowest BCUT2D eigenvalue weighted by atomic mass is 10.1. The first-order valence-corrected chi connectivity index (χ1v) is 5.37. The highest BCUT2D eigenvalue weighted by Crippen LogP contribution is 2.25. The van der Waals surface area contributed by atoms with Crippen molar-refractivity contribution in [1.29, 1.82) is 0 Å². The maximum absolute atomic E-state index is 11.9. The minimum Gasteiger partial charge on any atom is -0.373 e. The first-order valence-electron chi connectivity index (χ1n) is 5.37. The summed E-state index contributed by atoms with van der Waals surface area (Å²) in [6, 6.07) is 7.69. The van der Waals surface area contributed by atoms with Crippen molar-refractivity contribution in [2.45, 2.75) is 12.5 Å². The predicted octanol–water partition coefficient (Wildman–Crippen LogP) is 1.65. The van der Waals surface area contributed by atoms with Gasteiger partial charge in [0.05, 0.1) is 6.20 Å². The topological polar surface area (TPSA) is 67.2 Å². The number of para-hydroxylation sites is 1. The maximum atomic E-state index is 11.9. The van der Waals surface area contributed by atoms with Gasteiger partial charge in [-0.25, -0.2) is 0 Å². The smallest absolute Gasteiger partial charge is 0.247 e. The Bertz CT molecular complexity index is 511. The fraction of sp³-hybridized carbons (Fsp3) is 0.167. The Balaban J connectivity index is 1.70. The molecule has 2 N–H and O–H groups in total. The minimum atomic E-state index is -0.234. The van der Waals surface area contributed by atoms with E-state index in [9.17, 15) is 4.79 Å². The summed E-state index contributed by atoms with van der Waals surface area (Å²) in [4.78, 5) is 11.9. The van der Waals surface area contributed by atoms with Gasteiger partial charge in [0.15, 0.2) is 0 Å². The normalized spacial score (nSPS) is 17.3. The molecule has 0 radical (unpaired) electrons. The van der Waals surface area contributed by atoms with Gasteiger partial charge >= 0.3 is 0 Å². The van der Waals surface area contributed by atoms with Crippen molar-refractivity contribution in [3.63, 3.8) is 0 Å². The minimum absolute atomic E-state index is 0.0793. The monoisotopic (exact) mass is 229 g/mol. The third kappa shape index (κ3) is 1.87. The van der Waals surface area contributed by atoms with Crippen molar-refractivity contribution in [1.82, 2.24) is 5.16 Å². The van der Waals surface area contributed by atoms with Crippen molar-refractivity contribution >= 4 is 17.3 Å². The summed E-state index contributed by atoms with van der Waals surface area (Å²) in [5, 5.41) is 9.46. The largest absolute Gasteiger partial charge is 0.373 e. The predicted molar refractivity (Wildman–Crippen MR) is 62.7 cm³/mol. The van der Waals surface area contributed by atoms with Crippen LogP contribution in [0.25, 0.3) is 0 Å². The van der Waals surface area contributed by atoms with Crippen molar-refractivity contribution in [3.8, 4) is 0 Å². The van der Waals surface area contributed by atoms with Crippen LogP contribution < -0.4 is 10.6 Å². The van der Waals surface area contributed by atoms with Crippen LogP contribution in [0.2, 0.25) is 0 Å². The summed E-state index contributed by atoms with van der Waals surface area (Å²) in [5.74, 6) is -0.0793. The Hall–Kier alpha value is -2.30. The molecule has 86 valence electrons. The number of amides is 1. The van der Waals surface area contributed by atoms with Gasteiger partial charge in [-0.3, -0.25) is 4.79 Å². The van der Waals surface area contributed by atoms with Crippen LogP contribution in [0.3, 0.4) is 0 Å². The van der Waals surface area contributed by atoms with Gasteiger partial charge in [-0.1, -0.05) is 23.4 Å². The SMILES string of the molecule is O=C(Nc1cnoc1)C1Cc2ccccc2N1. The Morgan fingerprint density at radius 1 is 1.47 bits per heavy atom. The van der Waals surface area contributed by atoms with Crippen molar-refractivity contribution in [2.24, 2.45) is 0 Å². The summed E-state index contributed by atoms with van der Waals surface area (Å²) < 4.78 is 4.65. The molecule has 1 aliphatic rings. The molecule has 1 aromatic heterocycles. The van der Waals surface area contributed by atoms with E-state index < -0.39 is 0 Å². The van der Waals surface area contributed by atoms with E-state index in [4.69, 9.17) is 0 Å².